The standard InChI is InChI=1S/C18H14N4O3S/c1-11-7-12-5-6-22(16(12)8-13(11)9-19)26(24,25)17-4-2-3-14-15(17)10-20-21-18(14)23/h2-4,7-8,10H,5-6H2,1H3,(H,21,23). The zero-order valence-electron chi connectivity index (χ0n) is 13.9. The lowest BCUT2D eigenvalue weighted by Gasteiger charge is -2.21. The van der Waals surface area contributed by atoms with E-state index >= 15 is 0 Å². The van der Waals surface area contributed by atoms with Crippen LogP contribution >= 0.6 is 0 Å². The summed E-state index contributed by atoms with van der Waals surface area (Å²) in [5.74, 6) is 0. The Hall–Kier alpha value is -3.18. The van der Waals surface area contributed by atoms with E-state index in [1.54, 1.807) is 12.1 Å². The van der Waals surface area contributed by atoms with Gasteiger partial charge in [0.15, 0.2) is 0 Å². The smallest absolute Gasteiger partial charge is 0.267 e. The van der Waals surface area contributed by atoms with Crippen LogP contribution in [-0.2, 0) is 16.4 Å². The maximum atomic E-state index is 13.3. The number of rotatable bonds is 2. The first kappa shape index (κ1) is 16.3. The molecular formula is C18H14N4O3S. The Kier molecular flexibility index (Phi) is 3.56. The van der Waals surface area contributed by atoms with Gasteiger partial charge in [-0.25, -0.2) is 13.5 Å². The zero-order chi connectivity index (χ0) is 18.5. The van der Waals surface area contributed by atoms with E-state index in [-0.39, 0.29) is 15.7 Å². The van der Waals surface area contributed by atoms with Gasteiger partial charge in [0.25, 0.3) is 15.6 Å². The number of aromatic amines is 1. The molecule has 130 valence electrons. The Bertz CT molecular complexity index is 1260. The normalized spacial score (nSPS) is 13.6. The number of anilines is 1. The lowest BCUT2D eigenvalue weighted by atomic mass is 10.0. The molecule has 0 radical (unpaired) electrons. The van der Waals surface area contributed by atoms with Crippen LogP contribution in [0, 0.1) is 18.3 Å². The van der Waals surface area contributed by atoms with Crippen LogP contribution in [0.15, 0.2) is 46.2 Å². The van der Waals surface area contributed by atoms with E-state index in [4.69, 9.17) is 0 Å². The molecule has 1 N–H and O–H groups in total. The number of nitrogens with one attached hydrogen (secondary N) is 1. The van der Waals surface area contributed by atoms with Crippen LogP contribution in [0.1, 0.15) is 16.7 Å². The highest BCUT2D eigenvalue weighted by Crippen LogP contribution is 2.36. The van der Waals surface area contributed by atoms with Gasteiger partial charge in [-0.05, 0) is 42.7 Å². The first-order chi connectivity index (χ1) is 12.4. The molecule has 0 spiro atoms. The molecule has 0 aliphatic carbocycles. The SMILES string of the molecule is Cc1cc2c(cc1C#N)N(S(=O)(=O)c1cccc3c(=O)[nH]ncc13)CC2. The Balaban J connectivity index is 1.93. The van der Waals surface area contributed by atoms with Crippen LogP contribution in [0.4, 0.5) is 5.69 Å². The second kappa shape index (κ2) is 5.68. The Morgan fingerprint density at radius 3 is 2.85 bits per heavy atom. The van der Waals surface area contributed by atoms with Crippen LogP contribution in [0.3, 0.4) is 0 Å². The van der Waals surface area contributed by atoms with Crippen LogP contribution in [0.5, 0.6) is 0 Å². The van der Waals surface area contributed by atoms with Crippen molar-refractivity contribution < 1.29 is 8.42 Å². The molecular weight excluding hydrogens is 352 g/mol. The highest BCUT2D eigenvalue weighted by atomic mass is 32.2. The highest BCUT2D eigenvalue weighted by Gasteiger charge is 2.32. The zero-order valence-corrected chi connectivity index (χ0v) is 14.7. The molecule has 26 heavy (non-hydrogen) atoms. The minimum atomic E-state index is -3.90. The lowest BCUT2D eigenvalue weighted by Crippen LogP contribution is -2.29. The molecule has 0 atom stereocenters. The van der Waals surface area contributed by atoms with E-state index < -0.39 is 15.6 Å². The Morgan fingerprint density at radius 2 is 2.08 bits per heavy atom. The Morgan fingerprint density at radius 1 is 1.27 bits per heavy atom. The number of H-pyrrole nitrogens is 1. The van der Waals surface area contributed by atoms with Gasteiger partial charge in [0.2, 0.25) is 0 Å². The molecule has 4 rings (SSSR count). The van der Waals surface area contributed by atoms with Crippen LogP contribution < -0.4 is 9.86 Å². The van der Waals surface area contributed by atoms with E-state index in [0.29, 0.717) is 24.2 Å². The predicted molar refractivity (Wildman–Crippen MR) is 96.5 cm³/mol. The molecule has 7 nitrogen and oxygen atoms in total. The van der Waals surface area contributed by atoms with E-state index in [1.807, 2.05) is 13.0 Å². The average Bonchev–Trinajstić information content (AvgIpc) is 3.04. The van der Waals surface area contributed by atoms with Crippen molar-refractivity contribution >= 4 is 26.5 Å². The van der Waals surface area contributed by atoms with Crippen molar-refractivity contribution in [1.29, 1.82) is 5.26 Å². The van der Waals surface area contributed by atoms with E-state index in [2.05, 4.69) is 16.3 Å². The summed E-state index contributed by atoms with van der Waals surface area (Å²) in [6.45, 7) is 2.12. The van der Waals surface area contributed by atoms with E-state index in [0.717, 1.165) is 11.1 Å². The number of benzene rings is 2. The summed E-state index contributed by atoms with van der Waals surface area (Å²) in [5, 5.41) is 15.8. The number of nitrogens with zero attached hydrogens (tertiary/aromatic N) is 3. The minimum Gasteiger partial charge on any atom is -0.267 e. The number of aryl methyl sites for hydroxylation is 1. The van der Waals surface area contributed by atoms with Crippen molar-refractivity contribution in [2.75, 3.05) is 10.8 Å². The predicted octanol–water partition coefficient (Wildman–Crippen LogP) is 1.85. The summed E-state index contributed by atoms with van der Waals surface area (Å²) in [7, 11) is -3.90. The third-order valence-electron chi connectivity index (χ3n) is 4.64. The van der Waals surface area contributed by atoms with Gasteiger partial charge in [-0.2, -0.15) is 10.4 Å². The first-order valence-corrected chi connectivity index (χ1v) is 9.40. The van der Waals surface area contributed by atoms with Crippen molar-refractivity contribution in [1.82, 2.24) is 10.2 Å². The molecule has 1 aliphatic rings. The van der Waals surface area contributed by atoms with Gasteiger partial charge in [0, 0.05) is 11.9 Å². The number of hydrogen-bond donors (Lipinski definition) is 1. The molecule has 0 fully saturated rings. The Labute approximate surface area is 149 Å². The molecule has 3 aromatic rings. The van der Waals surface area contributed by atoms with Gasteiger partial charge in [-0.1, -0.05) is 12.1 Å². The van der Waals surface area contributed by atoms with Gasteiger partial charge in [0.05, 0.1) is 33.8 Å². The number of aromatic nitrogens is 2. The molecule has 0 bridgehead atoms. The summed E-state index contributed by atoms with van der Waals surface area (Å²) < 4.78 is 27.9. The van der Waals surface area contributed by atoms with Crippen molar-refractivity contribution in [3.8, 4) is 6.07 Å². The lowest BCUT2D eigenvalue weighted by molar-refractivity contribution is 0.593. The molecule has 2 heterocycles. The summed E-state index contributed by atoms with van der Waals surface area (Å²) in [5.41, 5.74) is 2.24. The third kappa shape index (κ3) is 2.29. The molecule has 1 aromatic heterocycles. The second-order valence-electron chi connectivity index (χ2n) is 6.15. The van der Waals surface area contributed by atoms with E-state index in [9.17, 15) is 18.5 Å². The average molecular weight is 366 g/mol. The van der Waals surface area contributed by atoms with E-state index in [1.165, 1.54) is 22.6 Å². The summed E-state index contributed by atoms with van der Waals surface area (Å²) in [6.07, 6.45) is 1.92. The van der Waals surface area contributed by atoms with Gasteiger partial charge >= 0.3 is 0 Å². The van der Waals surface area contributed by atoms with Gasteiger partial charge < -0.3 is 0 Å². The molecule has 1 aliphatic heterocycles. The molecule has 0 amide bonds. The summed E-state index contributed by atoms with van der Waals surface area (Å²) in [6, 6.07) is 10.1. The van der Waals surface area contributed by atoms with Crippen molar-refractivity contribution in [2.45, 2.75) is 18.2 Å². The molecule has 0 saturated heterocycles. The number of fused-ring (bicyclic) bond motifs is 2. The first-order valence-electron chi connectivity index (χ1n) is 7.96. The van der Waals surface area contributed by atoms with Crippen LogP contribution in [0.25, 0.3) is 10.8 Å². The third-order valence-corrected chi connectivity index (χ3v) is 6.51. The number of nitriles is 1. The van der Waals surface area contributed by atoms with Crippen molar-refractivity contribution in [3.63, 3.8) is 0 Å². The van der Waals surface area contributed by atoms with Crippen LogP contribution in [-0.4, -0.2) is 25.2 Å². The fraction of sp³-hybridized carbons (Fsp3) is 0.167. The molecule has 8 heteroatoms. The topological polar surface area (TPSA) is 107 Å². The quantitative estimate of drug-likeness (QED) is 0.745. The largest absolute Gasteiger partial charge is 0.272 e. The molecule has 0 saturated carbocycles. The summed E-state index contributed by atoms with van der Waals surface area (Å²) >= 11 is 0. The van der Waals surface area contributed by atoms with Crippen molar-refractivity contribution in [2.24, 2.45) is 0 Å². The van der Waals surface area contributed by atoms with Crippen LogP contribution in [0.2, 0.25) is 0 Å². The molecule has 2 aromatic carbocycles. The van der Waals surface area contributed by atoms with Gasteiger partial charge in [0.1, 0.15) is 0 Å². The monoisotopic (exact) mass is 366 g/mol. The second-order valence-corrected chi connectivity index (χ2v) is 7.98. The maximum absolute atomic E-state index is 13.3. The summed E-state index contributed by atoms with van der Waals surface area (Å²) in [4.78, 5) is 12.0. The van der Waals surface area contributed by atoms with Gasteiger partial charge in [-0.15, -0.1) is 0 Å². The number of hydrogen-bond acceptors (Lipinski definition) is 5. The maximum Gasteiger partial charge on any atom is 0.272 e. The fourth-order valence-electron chi connectivity index (χ4n) is 3.34. The highest BCUT2D eigenvalue weighted by molar-refractivity contribution is 7.93. The fourth-order valence-corrected chi connectivity index (χ4v) is 5.02. The molecule has 0 unspecified atom stereocenters. The van der Waals surface area contributed by atoms with Gasteiger partial charge in [-0.3, -0.25) is 9.10 Å². The number of sulfonamides is 1. The van der Waals surface area contributed by atoms with Crippen molar-refractivity contribution in [3.05, 3.63) is 63.6 Å². The minimum absolute atomic E-state index is 0.0283.